The minimum atomic E-state index is -0.233. The number of hydrogen-bond donors (Lipinski definition) is 1. The number of allylic oxidation sites excluding steroid dienone is 2. The van der Waals surface area contributed by atoms with Crippen molar-refractivity contribution >= 4 is 22.9 Å². The van der Waals surface area contributed by atoms with E-state index in [1.807, 2.05) is 37.3 Å². The lowest BCUT2D eigenvalue weighted by Crippen LogP contribution is -2.08. The van der Waals surface area contributed by atoms with Gasteiger partial charge in [0.05, 0.1) is 12.9 Å². The van der Waals surface area contributed by atoms with Crippen molar-refractivity contribution in [3.63, 3.8) is 0 Å². The minimum absolute atomic E-state index is 0.233. The summed E-state index contributed by atoms with van der Waals surface area (Å²) in [6.45, 7) is 2.36. The van der Waals surface area contributed by atoms with E-state index in [-0.39, 0.29) is 12.0 Å². The van der Waals surface area contributed by atoms with Gasteiger partial charge in [0, 0.05) is 6.42 Å². The third-order valence-electron chi connectivity index (χ3n) is 3.60. The van der Waals surface area contributed by atoms with E-state index < -0.39 is 0 Å². The molecule has 0 unspecified atom stereocenters. The summed E-state index contributed by atoms with van der Waals surface area (Å²) in [5.41, 5.74) is 2.72. The number of H-pyrrole nitrogens is 1. The van der Waals surface area contributed by atoms with Gasteiger partial charge >= 0.3 is 0 Å². The summed E-state index contributed by atoms with van der Waals surface area (Å²) in [6.07, 6.45) is 4.24. The Bertz CT molecular complexity index is 923. The Labute approximate surface area is 132 Å². The van der Waals surface area contributed by atoms with E-state index in [0.29, 0.717) is 23.3 Å². The van der Waals surface area contributed by atoms with Crippen LogP contribution in [-0.4, -0.2) is 26.0 Å². The van der Waals surface area contributed by atoms with Gasteiger partial charge in [0.15, 0.2) is 5.65 Å². The molecule has 0 radical (unpaired) electrons. The maximum absolute atomic E-state index is 12.2. The molecule has 0 atom stereocenters. The number of nitrogens with one attached hydrogen (secondary N) is 1. The molecule has 2 aromatic heterocycles. The number of nitrogens with zero attached hydrogens (tertiary/aromatic N) is 3. The van der Waals surface area contributed by atoms with Gasteiger partial charge in [-0.1, -0.05) is 36.4 Å². The summed E-state index contributed by atoms with van der Waals surface area (Å²) in [4.78, 5) is 29.6. The standard InChI is InChI=1S/C17H16N4O2/c1-12(6-5-9-22)15-14-16(18-11-19-17(14)23)21(20-15)10-13-7-3-2-4-8-13/h2-4,6-9,11H,5,10H2,1H3,(H,18,19,23). The molecule has 3 rings (SSSR count). The highest BCUT2D eigenvalue weighted by atomic mass is 16.1. The second-order valence-corrected chi connectivity index (χ2v) is 5.21. The van der Waals surface area contributed by atoms with E-state index in [9.17, 15) is 9.59 Å². The van der Waals surface area contributed by atoms with Crippen LogP contribution in [0.1, 0.15) is 24.6 Å². The second-order valence-electron chi connectivity index (χ2n) is 5.21. The third-order valence-corrected chi connectivity index (χ3v) is 3.60. The molecule has 3 aromatic rings. The molecule has 0 saturated carbocycles. The Morgan fingerprint density at radius 1 is 1.30 bits per heavy atom. The maximum Gasteiger partial charge on any atom is 0.262 e. The molecule has 1 N–H and O–H groups in total. The van der Waals surface area contributed by atoms with Crippen LogP contribution in [-0.2, 0) is 11.3 Å². The Balaban J connectivity index is 2.14. The molecule has 23 heavy (non-hydrogen) atoms. The molecule has 2 heterocycles. The van der Waals surface area contributed by atoms with Gasteiger partial charge in [-0.25, -0.2) is 9.67 Å². The van der Waals surface area contributed by atoms with E-state index in [2.05, 4.69) is 15.1 Å². The Hall–Kier alpha value is -3.02. The highest BCUT2D eigenvalue weighted by Crippen LogP contribution is 2.21. The summed E-state index contributed by atoms with van der Waals surface area (Å²) >= 11 is 0. The van der Waals surface area contributed by atoms with E-state index in [4.69, 9.17) is 0 Å². The van der Waals surface area contributed by atoms with Crippen LogP contribution in [0.3, 0.4) is 0 Å². The Morgan fingerprint density at radius 2 is 2.09 bits per heavy atom. The summed E-state index contributed by atoms with van der Waals surface area (Å²) in [7, 11) is 0. The fraction of sp³-hybridized carbons (Fsp3) is 0.176. The molecular weight excluding hydrogens is 292 g/mol. The van der Waals surface area contributed by atoms with Crippen molar-refractivity contribution in [3.05, 3.63) is 64.3 Å². The van der Waals surface area contributed by atoms with Crippen molar-refractivity contribution < 1.29 is 4.79 Å². The van der Waals surface area contributed by atoms with Crippen molar-refractivity contribution in [2.24, 2.45) is 0 Å². The molecular formula is C17H16N4O2. The molecule has 116 valence electrons. The van der Waals surface area contributed by atoms with E-state index >= 15 is 0 Å². The summed E-state index contributed by atoms with van der Waals surface area (Å²) < 4.78 is 1.72. The monoisotopic (exact) mass is 308 g/mol. The molecule has 1 aromatic carbocycles. The molecule has 6 heteroatoms. The Kier molecular flexibility index (Phi) is 4.14. The average Bonchev–Trinajstić information content (AvgIpc) is 2.94. The van der Waals surface area contributed by atoms with Gasteiger partial charge in [-0.3, -0.25) is 4.79 Å². The van der Waals surface area contributed by atoms with Gasteiger partial charge in [-0.15, -0.1) is 0 Å². The summed E-state index contributed by atoms with van der Waals surface area (Å²) in [5, 5.41) is 5.00. The predicted molar refractivity (Wildman–Crippen MR) is 88.0 cm³/mol. The Morgan fingerprint density at radius 3 is 2.83 bits per heavy atom. The van der Waals surface area contributed by atoms with E-state index in [1.165, 1.54) is 6.33 Å². The zero-order chi connectivity index (χ0) is 16.2. The topological polar surface area (TPSA) is 80.6 Å². The number of rotatable bonds is 5. The van der Waals surface area contributed by atoms with Gasteiger partial charge in [-0.05, 0) is 18.1 Å². The zero-order valence-electron chi connectivity index (χ0n) is 12.7. The molecule has 0 bridgehead atoms. The number of hydrogen-bond acceptors (Lipinski definition) is 4. The fourth-order valence-corrected chi connectivity index (χ4v) is 2.48. The second kappa shape index (κ2) is 6.39. The number of aromatic amines is 1. The van der Waals surface area contributed by atoms with Crippen LogP contribution in [0.2, 0.25) is 0 Å². The summed E-state index contributed by atoms with van der Waals surface area (Å²) in [6, 6.07) is 9.85. The van der Waals surface area contributed by atoms with Crippen LogP contribution in [0.5, 0.6) is 0 Å². The van der Waals surface area contributed by atoms with Crippen LogP contribution in [0.25, 0.3) is 16.6 Å². The SMILES string of the molecule is CC(=CCC=O)c1nn(Cc2ccccc2)c2nc[nH]c(=O)c12. The summed E-state index contributed by atoms with van der Waals surface area (Å²) in [5.74, 6) is 0. The van der Waals surface area contributed by atoms with Gasteiger partial charge < -0.3 is 9.78 Å². The molecule has 0 spiro atoms. The van der Waals surface area contributed by atoms with Crippen LogP contribution < -0.4 is 5.56 Å². The molecule has 0 aliphatic carbocycles. The van der Waals surface area contributed by atoms with Crippen molar-refractivity contribution in [2.75, 3.05) is 0 Å². The number of aldehydes is 1. The van der Waals surface area contributed by atoms with Crippen LogP contribution >= 0.6 is 0 Å². The lowest BCUT2D eigenvalue weighted by molar-refractivity contribution is -0.107. The minimum Gasteiger partial charge on any atom is -0.312 e. The smallest absolute Gasteiger partial charge is 0.262 e. The molecule has 0 amide bonds. The molecule has 0 saturated heterocycles. The first-order valence-electron chi connectivity index (χ1n) is 7.29. The fourth-order valence-electron chi connectivity index (χ4n) is 2.48. The number of aromatic nitrogens is 4. The van der Waals surface area contributed by atoms with Crippen molar-refractivity contribution in [2.45, 2.75) is 19.9 Å². The highest BCUT2D eigenvalue weighted by molar-refractivity contribution is 5.87. The van der Waals surface area contributed by atoms with Crippen molar-refractivity contribution in [3.8, 4) is 0 Å². The molecule has 6 nitrogen and oxygen atoms in total. The first-order chi connectivity index (χ1) is 11.2. The average molecular weight is 308 g/mol. The van der Waals surface area contributed by atoms with E-state index in [0.717, 1.165) is 17.4 Å². The van der Waals surface area contributed by atoms with Crippen LogP contribution in [0.15, 0.2) is 47.5 Å². The lowest BCUT2D eigenvalue weighted by Gasteiger charge is -2.02. The van der Waals surface area contributed by atoms with Gasteiger partial charge in [0.2, 0.25) is 0 Å². The van der Waals surface area contributed by atoms with E-state index in [1.54, 1.807) is 10.8 Å². The van der Waals surface area contributed by atoms with Crippen molar-refractivity contribution in [1.82, 2.24) is 19.7 Å². The normalized spacial score (nSPS) is 11.8. The van der Waals surface area contributed by atoms with Gasteiger partial charge in [-0.2, -0.15) is 5.10 Å². The van der Waals surface area contributed by atoms with Crippen LogP contribution in [0.4, 0.5) is 0 Å². The van der Waals surface area contributed by atoms with Gasteiger partial charge in [0.25, 0.3) is 5.56 Å². The first kappa shape index (κ1) is 14.9. The number of carbonyl (C=O) groups is 1. The van der Waals surface area contributed by atoms with Gasteiger partial charge in [0.1, 0.15) is 17.4 Å². The largest absolute Gasteiger partial charge is 0.312 e. The number of fused-ring (bicyclic) bond motifs is 1. The maximum atomic E-state index is 12.2. The highest BCUT2D eigenvalue weighted by Gasteiger charge is 2.16. The molecule has 0 fully saturated rings. The predicted octanol–water partition coefficient (Wildman–Crippen LogP) is 2.16. The molecule has 0 aliphatic heterocycles. The first-order valence-corrected chi connectivity index (χ1v) is 7.29. The lowest BCUT2D eigenvalue weighted by atomic mass is 10.1. The van der Waals surface area contributed by atoms with Crippen molar-refractivity contribution in [1.29, 1.82) is 0 Å². The van der Waals surface area contributed by atoms with Crippen LogP contribution in [0, 0.1) is 0 Å². The number of carbonyl (C=O) groups excluding carboxylic acids is 1. The molecule has 0 aliphatic rings. The third kappa shape index (κ3) is 2.96. The number of benzene rings is 1. The quantitative estimate of drug-likeness (QED) is 0.732. The zero-order valence-corrected chi connectivity index (χ0v) is 12.7.